The number of hydrogen-bond donors (Lipinski definition) is 1. The van der Waals surface area contributed by atoms with E-state index in [9.17, 15) is 13.2 Å². The molecule has 3 rings (SSSR count). The van der Waals surface area contributed by atoms with Crippen molar-refractivity contribution in [2.75, 3.05) is 32.6 Å². The van der Waals surface area contributed by atoms with E-state index in [1.807, 2.05) is 6.07 Å². The summed E-state index contributed by atoms with van der Waals surface area (Å²) >= 11 is 0. The van der Waals surface area contributed by atoms with Gasteiger partial charge in [-0.25, -0.2) is 12.7 Å². The first kappa shape index (κ1) is 18.2. The van der Waals surface area contributed by atoms with Crippen LogP contribution in [0, 0.1) is 0 Å². The zero-order valence-electron chi connectivity index (χ0n) is 14.6. The fourth-order valence-corrected chi connectivity index (χ4v) is 3.41. The van der Waals surface area contributed by atoms with Crippen LogP contribution in [0.2, 0.25) is 0 Å². The van der Waals surface area contributed by atoms with Crippen molar-refractivity contribution in [3.8, 4) is 11.5 Å². The van der Waals surface area contributed by atoms with Gasteiger partial charge in [0, 0.05) is 19.8 Å². The molecule has 1 amide bonds. The highest BCUT2D eigenvalue weighted by molar-refractivity contribution is 7.89. The quantitative estimate of drug-likeness (QED) is 0.861. The molecule has 0 saturated heterocycles. The molecule has 2 aromatic carbocycles. The molecular formula is C18H20N2O5S. The van der Waals surface area contributed by atoms with Crippen LogP contribution in [-0.2, 0) is 21.2 Å². The highest BCUT2D eigenvalue weighted by Gasteiger charge is 2.17. The maximum Gasteiger partial charge on any atom is 0.242 e. The second-order valence-corrected chi connectivity index (χ2v) is 8.17. The van der Waals surface area contributed by atoms with Crippen LogP contribution >= 0.6 is 0 Å². The molecule has 0 bridgehead atoms. The van der Waals surface area contributed by atoms with Crippen molar-refractivity contribution in [1.82, 2.24) is 4.31 Å². The summed E-state index contributed by atoms with van der Waals surface area (Å²) in [7, 11) is -0.543. The summed E-state index contributed by atoms with van der Waals surface area (Å²) in [4.78, 5) is 12.4. The Labute approximate surface area is 152 Å². The van der Waals surface area contributed by atoms with Crippen LogP contribution in [-0.4, -0.2) is 45.9 Å². The fourth-order valence-electron chi connectivity index (χ4n) is 2.51. The molecule has 1 aliphatic heterocycles. The zero-order chi connectivity index (χ0) is 18.7. The topological polar surface area (TPSA) is 84.9 Å². The Morgan fingerprint density at radius 1 is 1.04 bits per heavy atom. The first-order valence-electron chi connectivity index (χ1n) is 8.07. The normalized spacial score (nSPS) is 13.5. The van der Waals surface area contributed by atoms with Gasteiger partial charge in [-0.2, -0.15) is 0 Å². The first-order chi connectivity index (χ1) is 12.4. The largest absolute Gasteiger partial charge is 0.486 e. The van der Waals surface area contributed by atoms with Gasteiger partial charge >= 0.3 is 0 Å². The van der Waals surface area contributed by atoms with Crippen molar-refractivity contribution in [2.45, 2.75) is 11.3 Å². The van der Waals surface area contributed by atoms with Crippen molar-refractivity contribution in [3.05, 3.63) is 48.0 Å². The number of sulfonamides is 1. The van der Waals surface area contributed by atoms with Crippen LogP contribution in [0.4, 0.5) is 5.69 Å². The van der Waals surface area contributed by atoms with Crippen molar-refractivity contribution >= 4 is 21.6 Å². The molecule has 0 aromatic heterocycles. The summed E-state index contributed by atoms with van der Waals surface area (Å²) in [5, 5.41) is 2.76. The number of fused-ring (bicyclic) bond motifs is 1. The van der Waals surface area contributed by atoms with Gasteiger partial charge in [0.2, 0.25) is 15.9 Å². The number of benzene rings is 2. The molecule has 8 heteroatoms. The predicted molar refractivity (Wildman–Crippen MR) is 97.1 cm³/mol. The van der Waals surface area contributed by atoms with Crippen LogP contribution in [0.5, 0.6) is 11.5 Å². The minimum Gasteiger partial charge on any atom is -0.486 e. The summed E-state index contributed by atoms with van der Waals surface area (Å²) < 4.78 is 36.2. The smallest absolute Gasteiger partial charge is 0.242 e. The lowest BCUT2D eigenvalue weighted by atomic mass is 10.1. The molecular weight excluding hydrogens is 356 g/mol. The molecule has 0 spiro atoms. The molecule has 7 nitrogen and oxygen atoms in total. The van der Waals surface area contributed by atoms with Crippen LogP contribution in [0.15, 0.2) is 47.4 Å². The molecule has 0 saturated carbocycles. The number of rotatable bonds is 5. The number of nitrogens with one attached hydrogen (secondary N) is 1. The first-order valence-corrected chi connectivity index (χ1v) is 9.51. The molecule has 2 aromatic rings. The Balaban J connectivity index is 1.65. The molecule has 0 radical (unpaired) electrons. The van der Waals surface area contributed by atoms with Gasteiger partial charge in [-0.3, -0.25) is 4.79 Å². The molecule has 0 fully saturated rings. The number of ether oxygens (including phenoxy) is 2. The second-order valence-electron chi connectivity index (χ2n) is 6.01. The number of carbonyl (C=O) groups excluding carboxylic acids is 1. The highest BCUT2D eigenvalue weighted by atomic mass is 32.2. The molecule has 138 valence electrons. The SMILES string of the molecule is CN(C)S(=O)(=O)c1ccc(NC(=O)Cc2ccc3c(c2)OCCO3)cc1. The van der Waals surface area contributed by atoms with Crippen LogP contribution in [0.1, 0.15) is 5.56 Å². The molecule has 26 heavy (non-hydrogen) atoms. The summed E-state index contributed by atoms with van der Waals surface area (Å²) in [5.41, 5.74) is 1.34. The number of anilines is 1. The van der Waals surface area contributed by atoms with E-state index in [0.29, 0.717) is 30.4 Å². The minimum absolute atomic E-state index is 0.173. The third-order valence-corrected chi connectivity index (χ3v) is 5.72. The lowest BCUT2D eigenvalue weighted by Crippen LogP contribution is -2.22. The Hall–Kier alpha value is -2.58. The molecule has 1 heterocycles. The lowest BCUT2D eigenvalue weighted by molar-refractivity contribution is -0.115. The zero-order valence-corrected chi connectivity index (χ0v) is 15.4. The average molecular weight is 376 g/mol. The van der Waals surface area contributed by atoms with Crippen molar-refractivity contribution in [2.24, 2.45) is 0 Å². The Morgan fingerprint density at radius 2 is 1.69 bits per heavy atom. The van der Waals surface area contributed by atoms with Gasteiger partial charge in [-0.15, -0.1) is 0 Å². The van der Waals surface area contributed by atoms with Crippen molar-refractivity contribution in [1.29, 1.82) is 0 Å². The van der Waals surface area contributed by atoms with Crippen molar-refractivity contribution < 1.29 is 22.7 Å². The van der Waals surface area contributed by atoms with Crippen LogP contribution < -0.4 is 14.8 Å². The van der Waals surface area contributed by atoms with E-state index in [4.69, 9.17) is 9.47 Å². The maximum atomic E-state index is 12.2. The van der Waals surface area contributed by atoms with Gasteiger partial charge in [0.25, 0.3) is 0 Å². The predicted octanol–water partition coefficient (Wildman–Crippen LogP) is 1.89. The average Bonchev–Trinajstić information content (AvgIpc) is 2.62. The molecule has 0 aliphatic carbocycles. The van der Waals surface area contributed by atoms with Crippen molar-refractivity contribution in [3.63, 3.8) is 0 Å². The van der Waals surface area contributed by atoms with Gasteiger partial charge in [0.05, 0.1) is 11.3 Å². The van der Waals surface area contributed by atoms with Gasteiger partial charge < -0.3 is 14.8 Å². The number of hydrogen-bond acceptors (Lipinski definition) is 5. The van der Waals surface area contributed by atoms with E-state index in [1.165, 1.54) is 26.2 Å². The van der Waals surface area contributed by atoms with E-state index >= 15 is 0 Å². The van der Waals surface area contributed by atoms with Gasteiger partial charge in [-0.05, 0) is 42.0 Å². The lowest BCUT2D eigenvalue weighted by Gasteiger charge is -2.18. The Morgan fingerprint density at radius 3 is 2.35 bits per heavy atom. The van der Waals surface area contributed by atoms with Crippen LogP contribution in [0.3, 0.4) is 0 Å². The Kier molecular flexibility index (Phi) is 5.15. The highest BCUT2D eigenvalue weighted by Crippen LogP contribution is 2.31. The van der Waals surface area contributed by atoms with Gasteiger partial charge in [0.1, 0.15) is 13.2 Å². The van der Waals surface area contributed by atoms with E-state index in [0.717, 1.165) is 9.87 Å². The fraction of sp³-hybridized carbons (Fsp3) is 0.278. The number of amides is 1. The molecule has 1 aliphatic rings. The van der Waals surface area contributed by atoms with E-state index < -0.39 is 10.0 Å². The van der Waals surface area contributed by atoms with E-state index in [-0.39, 0.29) is 17.2 Å². The minimum atomic E-state index is -3.48. The standard InChI is InChI=1S/C18H20N2O5S/c1-20(2)26(22,23)15-6-4-14(5-7-15)19-18(21)12-13-3-8-16-17(11-13)25-10-9-24-16/h3-8,11H,9-10,12H2,1-2H3,(H,19,21). The number of nitrogens with zero attached hydrogens (tertiary/aromatic N) is 1. The van der Waals surface area contributed by atoms with Crippen LogP contribution in [0.25, 0.3) is 0 Å². The molecule has 1 N–H and O–H groups in total. The van der Waals surface area contributed by atoms with E-state index in [1.54, 1.807) is 24.3 Å². The summed E-state index contributed by atoms with van der Waals surface area (Å²) in [6.45, 7) is 1.01. The molecule has 0 atom stereocenters. The third kappa shape index (κ3) is 3.97. The third-order valence-electron chi connectivity index (χ3n) is 3.89. The number of carbonyl (C=O) groups is 1. The maximum absolute atomic E-state index is 12.2. The summed E-state index contributed by atoms with van der Waals surface area (Å²) in [5.74, 6) is 1.11. The monoisotopic (exact) mass is 376 g/mol. The summed E-state index contributed by atoms with van der Waals surface area (Å²) in [6.07, 6.45) is 0.175. The summed E-state index contributed by atoms with van der Waals surface area (Å²) in [6, 6.07) is 11.5. The molecule has 0 unspecified atom stereocenters. The van der Waals surface area contributed by atoms with E-state index in [2.05, 4.69) is 5.32 Å². The van der Waals surface area contributed by atoms with Gasteiger partial charge in [0.15, 0.2) is 11.5 Å². The Bertz CT molecular complexity index is 908. The van der Waals surface area contributed by atoms with Gasteiger partial charge in [-0.1, -0.05) is 6.07 Å². The second kappa shape index (κ2) is 7.35.